The molecule has 0 saturated heterocycles. The van der Waals surface area contributed by atoms with Crippen LogP contribution in [0, 0.1) is 5.92 Å². The zero-order valence-corrected chi connectivity index (χ0v) is 12.9. The van der Waals surface area contributed by atoms with Crippen molar-refractivity contribution >= 4 is 36.9 Å². The van der Waals surface area contributed by atoms with Gasteiger partial charge >= 0.3 is 11.9 Å². The Balaban J connectivity index is 0. The van der Waals surface area contributed by atoms with E-state index in [4.69, 9.17) is 12.6 Å². The van der Waals surface area contributed by atoms with Gasteiger partial charge in [0.25, 0.3) is 0 Å². The summed E-state index contributed by atoms with van der Waals surface area (Å²) in [5.41, 5.74) is 0. The molecule has 0 rings (SSSR count). The Bertz CT molecular complexity index is 202. The van der Waals surface area contributed by atoms with Crippen LogP contribution in [0.25, 0.3) is 0 Å². The van der Waals surface area contributed by atoms with Crippen LogP contribution in [0.1, 0.15) is 6.42 Å². The van der Waals surface area contributed by atoms with Crippen molar-refractivity contribution in [1.82, 2.24) is 0 Å². The fourth-order valence-electron chi connectivity index (χ4n) is 0.684. The maximum atomic E-state index is 11.0. The summed E-state index contributed by atoms with van der Waals surface area (Å²) in [4.78, 5) is 22.0. The van der Waals surface area contributed by atoms with E-state index in [0.29, 0.717) is 12.3 Å². The molecule has 0 spiro atoms. The third kappa shape index (κ3) is 8.50. The Morgan fingerprint density at radius 2 is 2.00 bits per heavy atom. The summed E-state index contributed by atoms with van der Waals surface area (Å²) in [5.74, 6) is -1.56. The second-order valence-electron chi connectivity index (χ2n) is 2.28. The molecule has 85 valence electrons. The van der Waals surface area contributed by atoms with Crippen LogP contribution in [0.2, 0.25) is 0 Å². The third-order valence-corrected chi connectivity index (χ3v) is 2.14. The number of esters is 1. The zero-order valence-electron chi connectivity index (χ0n) is 8.43. The van der Waals surface area contributed by atoms with E-state index in [1.54, 1.807) is 0 Å². The first-order valence-electron chi connectivity index (χ1n) is 3.71. The number of methoxy groups -OCH3 is 1. The molecule has 1 atom stereocenters. The van der Waals surface area contributed by atoms with Crippen molar-refractivity contribution in [1.29, 1.82) is 0 Å². The van der Waals surface area contributed by atoms with Crippen LogP contribution in [0.3, 0.4) is 0 Å². The van der Waals surface area contributed by atoms with Gasteiger partial charge in [0.15, 0.2) is 0 Å². The van der Waals surface area contributed by atoms with E-state index in [-0.39, 0.29) is 44.9 Å². The zero-order chi connectivity index (χ0) is 11.0. The molecule has 0 aliphatic heterocycles. The van der Waals surface area contributed by atoms with Gasteiger partial charge in [-0.3, -0.25) is 13.8 Å². The number of carbonyl (C=O) groups is 2. The predicted octanol–water partition coefficient (Wildman–Crippen LogP) is 0.463. The summed E-state index contributed by atoms with van der Waals surface area (Å²) in [7, 11) is 2.61. The van der Waals surface area contributed by atoms with Gasteiger partial charge in [0.2, 0.25) is 12.3 Å². The van der Waals surface area contributed by atoms with Gasteiger partial charge in [0.05, 0.1) is 20.6 Å². The van der Waals surface area contributed by atoms with E-state index in [1.165, 1.54) is 14.2 Å². The molecule has 8 heteroatoms. The first-order chi connectivity index (χ1) is 6.65. The molecular weight excluding hydrogens is 317 g/mol. The number of rotatable bonds is 6. The van der Waals surface area contributed by atoms with Crippen LogP contribution in [0.4, 0.5) is 0 Å². The Morgan fingerprint density at radius 3 is 2.40 bits per heavy atom. The minimum Gasteiger partial charge on any atom is -0.792 e. The number of hydrogen-bond donors (Lipinski definition) is 0. The van der Waals surface area contributed by atoms with Crippen molar-refractivity contribution in [2.75, 3.05) is 20.0 Å². The molecule has 0 aliphatic rings. The van der Waals surface area contributed by atoms with Crippen molar-refractivity contribution in [2.24, 2.45) is 5.92 Å². The topological polar surface area (TPSA) is 61.8 Å². The minimum atomic E-state index is -0.625. The third-order valence-electron chi connectivity index (χ3n) is 1.34. The van der Waals surface area contributed by atoms with Crippen molar-refractivity contribution in [3.63, 3.8) is 0 Å². The Labute approximate surface area is 124 Å². The van der Waals surface area contributed by atoms with E-state index in [2.05, 4.69) is 13.1 Å². The molecule has 15 heavy (non-hydrogen) atoms. The molecule has 0 aromatic carbocycles. The van der Waals surface area contributed by atoms with Crippen molar-refractivity contribution in [2.45, 2.75) is 6.42 Å². The molecule has 0 saturated carbocycles. The van der Waals surface area contributed by atoms with Crippen molar-refractivity contribution in [3.05, 3.63) is 0 Å². The molecule has 0 N–H and O–H groups in total. The maximum absolute atomic E-state index is 11.0. The smallest absolute Gasteiger partial charge is 0.320 e. The normalized spacial score (nSPS) is 11.1. The van der Waals surface area contributed by atoms with Crippen LogP contribution < -0.4 is 0 Å². The largest absolute Gasteiger partial charge is 0.792 e. The van der Waals surface area contributed by atoms with Gasteiger partial charge in [-0.2, -0.15) is 5.75 Å². The standard InChI is InChI=1S/C7H12O5S2.Y/c1-10-7(9)5(4-13)3-6(8)12-14-11-2;/h5,13H,3-4H2,1-2H3;/p-1. The minimum absolute atomic E-state index is 0. The van der Waals surface area contributed by atoms with E-state index in [1.807, 2.05) is 0 Å². The average Bonchev–Trinajstić information content (AvgIpc) is 2.21. The quantitative estimate of drug-likeness (QED) is 0.399. The second-order valence-corrected chi connectivity index (χ2v) is 3.25. The van der Waals surface area contributed by atoms with E-state index in [9.17, 15) is 9.59 Å². The molecule has 0 bridgehead atoms. The van der Waals surface area contributed by atoms with Gasteiger partial charge in [0, 0.05) is 38.6 Å². The van der Waals surface area contributed by atoms with Crippen LogP contribution >= 0.6 is 12.3 Å². The van der Waals surface area contributed by atoms with Crippen LogP contribution in [-0.2, 0) is 68.0 Å². The molecule has 0 heterocycles. The molecule has 0 amide bonds. The number of carbonyl (C=O) groups excluding carboxylic acids is 2. The van der Waals surface area contributed by atoms with Gasteiger partial charge in [0.1, 0.15) is 0 Å². The first-order valence-corrected chi connectivity index (χ1v) is 4.96. The van der Waals surface area contributed by atoms with Gasteiger partial charge in [-0.05, 0) is 0 Å². The summed E-state index contributed by atoms with van der Waals surface area (Å²) in [6.07, 6.45) is -0.0907. The van der Waals surface area contributed by atoms with E-state index >= 15 is 0 Å². The predicted molar refractivity (Wildman–Crippen MR) is 53.0 cm³/mol. The second kappa shape index (κ2) is 11.2. The molecular formula is C7H11O5S2Y-. The first kappa shape index (κ1) is 18.1. The van der Waals surface area contributed by atoms with Gasteiger partial charge < -0.3 is 21.5 Å². The number of ether oxygens (including phenoxy) is 1. The molecule has 1 radical (unpaired) electrons. The maximum Gasteiger partial charge on any atom is 0.320 e. The van der Waals surface area contributed by atoms with Crippen molar-refractivity contribution in [3.8, 4) is 0 Å². The summed E-state index contributed by atoms with van der Waals surface area (Å²) in [5, 5.41) is 0. The SMILES string of the molecule is COSOC(=O)CC(C[S-])C(=O)OC.[Y]. The summed E-state index contributed by atoms with van der Waals surface area (Å²) in [6, 6.07) is 0. The Kier molecular flexibility index (Phi) is 13.5. The monoisotopic (exact) mass is 328 g/mol. The molecule has 0 fully saturated rings. The fourth-order valence-corrected chi connectivity index (χ4v) is 1.15. The molecule has 0 aromatic rings. The molecule has 1 unspecified atom stereocenters. The van der Waals surface area contributed by atoms with Crippen LogP contribution in [-0.4, -0.2) is 31.9 Å². The summed E-state index contributed by atoms with van der Waals surface area (Å²) >= 11 is 5.25. The van der Waals surface area contributed by atoms with E-state index in [0.717, 1.165) is 0 Å². The van der Waals surface area contributed by atoms with Crippen molar-refractivity contribution < 1.29 is 55.4 Å². The summed E-state index contributed by atoms with van der Waals surface area (Å²) in [6.45, 7) is 0. The van der Waals surface area contributed by atoms with Gasteiger partial charge in [-0.25, -0.2) is 0 Å². The average molecular weight is 328 g/mol. The Hall–Kier alpha value is 0.704. The number of hydrogen-bond acceptors (Lipinski definition) is 7. The van der Waals surface area contributed by atoms with Crippen LogP contribution in [0.15, 0.2) is 0 Å². The summed E-state index contributed by atoms with van der Waals surface area (Å²) < 4.78 is 13.4. The van der Waals surface area contributed by atoms with Gasteiger partial charge in [-0.15, -0.1) is 0 Å². The molecule has 0 aromatic heterocycles. The molecule has 0 aliphatic carbocycles. The molecule has 5 nitrogen and oxygen atoms in total. The van der Waals surface area contributed by atoms with E-state index < -0.39 is 17.9 Å². The van der Waals surface area contributed by atoms with Crippen LogP contribution in [0.5, 0.6) is 0 Å². The van der Waals surface area contributed by atoms with Gasteiger partial charge in [-0.1, -0.05) is 0 Å². The fraction of sp³-hybridized carbons (Fsp3) is 0.714. The Morgan fingerprint density at radius 1 is 1.40 bits per heavy atom.